The lowest BCUT2D eigenvalue weighted by atomic mass is 9.93. The van der Waals surface area contributed by atoms with Crippen LogP contribution in [0.5, 0.6) is 0 Å². The number of nitriles is 1. The van der Waals surface area contributed by atoms with Gasteiger partial charge in [-0.2, -0.15) is 5.26 Å². The fourth-order valence-electron chi connectivity index (χ4n) is 0.778. The molecule has 0 aromatic heterocycles. The van der Waals surface area contributed by atoms with Crippen LogP contribution in [0.1, 0.15) is 0 Å². The van der Waals surface area contributed by atoms with Gasteiger partial charge in [0.2, 0.25) is 5.60 Å². The summed E-state index contributed by atoms with van der Waals surface area (Å²) in [5, 5.41) is 26.4. The number of allylic oxidation sites excluding steroid dienone is 2. The zero-order valence-electron chi connectivity index (χ0n) is 5.53. The average molecular weight is 155 g/mol. The molecule has 0 bridgehead atoms. The highest BCUT2D eigenvalue weighted by molar-refractivity contribution is 5.32. The van der Waals surface area contributed by atoms with Crippen LogP contribution < -0.4 is 0 Å². The molecule has 2 atom stereocenters. The molecule has 0 aliphatic heterocycles. The fraction of sp³-hybridized carbons (Fsp3) is 0.286. The van der Waals surface area contributed by atoms with Crippen molar-refractivity contribution in [2.45, 2.75) is 11.7 Å². The minimum atomic E-state index is -2.11. The molecular weight excluding hydrogens is 149 g/mol. The molecule has 0 aromatic rings. The van der Waals surface area contributed by atoms with Gasteiger partial charge in [0.05, 0.1) is 0 Å². The zero-order valence-corrected chi connectivity index (χ0v) is 5.53. The summed E-state index contributed by atoms with van der Waals surface area (Å²) in [6, 6.07) is 1.40. The van der Waals surface area contributed by atoms with Gasteiger partial charge >= 0.3 is 0 Å². The van der Waals surface area contributed by atoms with Crippen LogP contribution in [-0.4, -0.2) is 21.9 Å². The first-order chi connectivity index (χ1) is 5.10. The minimum Gasteiger partial charge on any atom is -0.381 e. The monoisotopic (exact) mass is 155 g/mol. The van der Waals surface area contributed by atoms with E-state index < -0.39 is 17.5 Å². The third kappa shape index (κ3) is 1.16. The summed E-state index contributed by atoms with van der Waals surface area (Å²) in [6.45, 7) is 0. The van der Waals surface area contributed by atoms with Gasteiger partial charge in [-0.3, -0.25) is 0 Å². The molecule has 0 aromatic carbocycles. The predicted molar refractivity (Wildman–Crippen MR) is 34.9 cm³/mol. The van der Waals surface area contributed by atoms with Crippen molar-refractivity contribution in [1.82, 2.24) is 0 Å². The Bertz CT molecular complexity index is 266. The number of hydrogen-bond acceptors (Lipinski definition) is 3. The molecule has 58 valence electrons. The third-order valence-corrected chi connectivity index (χ3v) is 1.46. The van der Waals surface area contributed by atoms with Crippen molar-refractivity contribution in [2.24, 2.45) is 0 Å². The summed E-state index contributed by atoms with van der Waals surface area (Å²) in [7, 11) is 0. The van der Waals surface area contributed by atoms with Crippen molar-refractivity contribution in [2.75, 3.05) is 0 Å². The highest BCUT2D eigenvalue weighted by atomic mass is 19.1. The number of halogens is 1. The van der Waals surface area contributed by atoms with Crippen molar-refractivity contribution in [3.05, 3.63) is 24.1 Å². The summed E-state index contributed by atoms with van der Waals surface area (Å²) >= 11 is 0. The van der Waals surface area contributed by atoms with Gasteiger partial charge in [0.1, 0.15) is 11.9 Å². The Balaban J connectivity index is 3.00. The van der Waals surface area contributed by atoms with E-state index in [4.69, 9.17) is 15.5 Å². The Morgan fingerprint density at radius 1 is 1.73 bits per heavy atom. The molecule has 0 heterocycles. The molecule has 0 saturated carbocycles. The van der Waals surface area contributed by atoms with Crippen molar-refractivity contribution < 1.29 is 14.6 Å². The lowest BCUT2D eigenvalue weighted by molar-refractivity contribution is 0.00829. The Kier molecular flexibility index (Phi) is 1.77. The Hall–Kier alpha value is -1.18. The van der Waals surface area contributed by atoms with Crippen LogP contribution >= 0.6 is 0 Å². The molecule has 0 radical (unpaired) electrons. The van der Waals surface area contributed by atoms with E-state index in [9.17, 15) is 4.39 Å². The van der Waals surface area contributed by atoms with Crippen LogP contribution in [0, 0.1) is 11.3 Å². The smallest absolute Gasteiger partial charge is 0.202 e. The molecule has 1 rings (SSSR count). The molecule has 0 saturated heterocycles. The van der Waals surface area contributed by atoms with Crippen molar-refractivity contribution in [1.29, 1.82) is 5.26 Å². The Labute approximate surface area is 62.7 Å². The van der Waals surface area contributed by atoms with Gasteiger partial charge in [-0.1, -0.05) is 6.08 Å². The molecule has 11 heavy (non-hydrogen) atoms. The van der Waals surface area contributed by atoms with Gasteiger partial charge in [0.25, 0.3) is 0 Å². The van der Waals surface area contributed by atoms with Gasteiger partial charge in [-0.05, 0) is 12.2 Å². The fourth-order valence-corrected chi connectivity index (χ4v) is 0.778. The summed E-state index contributed by atoms with van der Waals surface area (Å²) < 4.78 is 12.5. The van der Waals surface area contributed by atoms with E-state index in [1.54, 1.807) is 0 Å². The zero-order chi connectivity index (χ0) is 8.48. The van der Waals surface area contributed by atoms with Crippen LogP contribution in [0.25, 0.3) is 0 Å². The molecule has 1 aliphatic carbocycles. The van der Waals surface area contributed by atoms with E-state index >= 15 is 0 Å². The molecule has 0 amide bonds. The van der Waals surface area contributed by atoms with Gasteiger partial charge in [0, 0.05) is 0 Å². The van der Waals surface area contributed by atoms with Crippen LogP contribution in [0.3, 0.4) is 0 Å². The van der Waals surface area contributed by atoms with Gasteiger partial charge in [0.15, 0.2) is 6.10 Å². The first-order valence-corrected chi connectivity index (χ1v) is 2.97. The minimum absolute atomic E-state index is 0.906. The molecule has 2 N–H and O–H groups in total. The van der Waals surface area contributed by atoms with Gasteiger partial charge in [-0.15, -0.1) is 0 Å². The first kappa shape index (κ1) is 7.92. The standard InChI is InChI=1S/C7H6FNO2/c8-5-2-1-3-7(11,4-9)6(5)10/h1-3,6,10-11H. The van der Waals surface area contributed by atoms with E-state index in [-0.39, 0.29) is 0 Å². The maximum Gasteiger partial charge on any atom is 0.202 e. The highest BCUT2D eigenvalue weighted by Gasteiger charge is 2.37. The summed E-state index contributed by atoms with van der Waals surface area (Å²) in [6.07, 6.45) is 1.46. The molecule has 0 fully saturated rings. The Morgan fingerprint density at radius 2 is 2.36 bits per heavy atom. The molecule has 4 heteroatoms. The SMILES string of the molecule is N#CC1(O)C=CC=C(F)C1O. The van der Waals surface area contributed by atoms with E-state index in [0.717, 1.165) is 12.2 Å². The second-order valence-corrected chi connectivity index (χ2v) is 2.25. The maximum atomic E-state index is 12.5. The third-order valence-electron chi connectivity index (χ3n) is 1.46. The van der Waals surface area contributed by atoms with Crippen molar-refractivity contribution in [3.63, 3.8) is 0 Å². The molecule has 0 spiro atoms. The Morgan fingerprint density at radius 3 is 2.82 bits per heavy atom. The quantitative estimate of drug-likeness (QED) is 0.485. The normalized spacial score (nSPS) is 36.2. The predicted octanol–water partition coefficient (Wildman–Crippen LogP) is 0.0252. The number of aliphatic hydroxyl groups is 2. The van der Waals surface area contributed by atoms with E-state index in [1.807, 2.05) is 0 Å². The largest absolute Gasteiger partial charge is 0.381 e. The topological polar surface area (TPSA) is 64.2 Å². The number of rotatable bonds is 0. The second-order valence-electron chi connectivity index (χ2n) is 2.25. The van der Waals surface area contributed by atoms with Crippen LogP contribution in [0.15, 0.2) is 24.1 Å². The van der Waals surface area contributed by atoms with Crippen LogP contribution in [0.2, 0.25) is 0 Å². The molecule has 2 unspecified atom stereocenters. The lowest BCUT2D eigenvalue weighted by Crippen LogP contribution is -2.40. The molecule has 3 nitrogen and oxygen atoms in total. The first-order valence-electron chi connectivity index (χ1n) is 2.97. The van der Waals surface area contributed by atoms with Crippen molar-refractivity contribution in [3.8, 4) is 6.07 Å². The van der Waals surface area contributed by atoms with Crippen LogP contribution in [0.4, 0.5) is 4.39 Å². The summed E-state index contributed by atoms with van der Waals surface area (Å²) in [5.74, 6) is -0.906. The maximum absolute atomic E-state index is 12.5. The van der Waals surface area contributed by atoms with E-state index in [0.29, 0.717) is 0 Å². The van der Waals surface area contributed by atoms with Crippen LogP contribution in [-0.2, 0) is 0 Å². The van der Waals surface area contributed by atoms with Gasteiger partial charge in [-0.25, -0.2) is 4.39 Å². The summed E-state index contributed by atoms with van der Waals surface area (Å²) in [5.41, 5.74) is -2.11. The highest BCUT2D eigenvalue weighted by Crippen LogP contribution is 2.23. The lowest BCUT2D eigenvalue weighted by Gasteiger charge is -2.23. The number of nitrogens with zero attached hydrogens (tertiary/aromatic N) is 1. The molecule has 1 aliphatic rings. The van der Waals surface area contributed by atoms with E-state index in [2.05, 4.69) is 0 Å². The summed E-state index contributed by atoms with van der Waals surface area (Å²) in [4.78, 5) is 0. The van der Waals surface area contributed by atoms with Gasteiger partial charge < -0.3 is 10.2 Å². The number of hydrogen-bond donors (Lipinski definition) is 2. The second kappa shape index (κ2) is 2.46. The molecular formula is C7H6FNO2. The van der Waals surface area contributed by atoms with Crippen molar-refractivity contribution >= 4 is 0 Å². The van der Waals surface area contributed by atoms with E-state index in [1.165, 1.54) is 12.1 Å². The average Bonchev–Trinajstić information content (AvgIpc) is 2.00. The number of aliphatic hydroxyl groups excluding tert-OH is 1.